The molecule has 20 heavy (non-hydrogen) atoms. The second kappa shape index (κ2) is 6.21. The van der Waals surface area contributed by atoms with E-state index in [0.29, 0.717) is 0 Å². The van der Waals surface area contributed by atoms with Gasteiger partial charge in [0.1, 0.15) is 0 Å². The van der Waals surface area contributed by atoms with E-state index < -0.39 is 0 Å². The molecule has 0 amide bonds. The first kappa shape index (κ1) is 14.1. The van der Waals surface area contributed by atoms with E-state index in [2.05, 4.69) is 68.6 Å². The Morgan fingerprint density at radius 2 is 1.30 bits per heavy atom. The quantitative estimate of drug-likeness (QED) is 0.609. The maximum Gasteiger partial charge on any atom is -0.0184 e. The monoisotopic (exact) mass is 260 g/mol. The Kier molecular flexibility index (Phi) is 4.37. The highest BCUT2D eigenvalue weighted by molar-refractivity contribution is 5.75. The van der Waals surface area contributed by atoms with Crippen LogP contribution in [0.4, 0.5) is 0 Å². The van der Waals surface area contributed by atoms with E-state index in [1.807, 2.05) is 19.1 Å². The van der Waals surface area contributed by atoms with Crippen LogP contribution in [0.2, 0.25) is 0 Å². The van der Waals surface area contributed by atoms with Gasteiger partial charge in [0.05, 0.1) is 0 Å². The van der Waals surface area contributed by atoms with E-state index in [1.165, 1.54) is 16.7 Å². The van der Waals surface area contributed by atoms with Crippen molar-refractivity contribution in [1.29, 1.82) is 0 Å². The van der Waals surface area contributed by atoms with Gasteiger partial charge in [-0.3, -0.25) is 0 Å². The van der Waals surface area contributed by atoms with Gasteiger partial charge in [0.25, 0.3) is 0 Å². The highest BCUT2D eigenvalue weighted by atomic mass is 14.0. The molecule has 0 atom stereocenters. The zero-order chi connectivity index (χ0) is 14.5. The Bertz CT molecular complexity index is 637. The van der Waals surface area contributed by atoms with Crippen LogP contribution >= 0.6 is 0 Å². The molecule has 0 spiro atoms. The van der Waals surface area contributed by atoms with E-state index in [1.54, 1.807) is 0 Å². The molecule has 0 nitrogen and oxygen atoms in total. The molecule has 0 aliphatic carbocycles. The van der Waals surface area contributed by atoms with Gasteiger partial charge in [-0.1, -0.05) is 85.0 Å². The molecule has 0 fully saturated rings. The molecule has 0 aliphatic rings. The molecule has 0 N–H and O–H groups in total. The second-order valence-corrected chi connectivity index (χ2v) is 5.15. The number of aryl methyl sites for hydroxylation is 1. The molecule has 0 heterocycles. The molecule has 0 bridgehead atoms. The molecule has 0 aromatic heterocycles. The van der Waals surface area contributed by atoms with Gasteiger partial charge in [-0.2, -0.15) is 0 Å². The third-order valence-electron chi connectivity index (χ3n) is 3.21. The van der Waals surface area contributed by atoms with Gasteiger partial charge < -0.3 is 0 Å². The van der Waals surface area contributed by atoms with E-state index in [9.17, 15) is 0 Å². The minimum absolute atomic E-state index is 1.00. The lowest BCUT2D eigenvalue weighted by molar-refractivity contribution is 1.47. The number of allylic oxidation sites excluding steroid dienone is 4. The smallest absolute Gasteiger partial charge is 0.0184 e. The topological polar surface area (TPSA) is 0 Å². The van der Waals surface area contributed by atoms with E-state index in [-0.39, 0.29) is 0 Å². The van der Waals surface area contributed by atoms with Crippen LogP contribution < -0.4 is 0 Å². The van der Waals surface area contributed by atoms with Crippen LogP contribution in [-0.2, 0) is 0 Å². The van der Waals surface area contributed by atoms with Crippen LogP contribution in [0.5, 0.6) is 0 Å². The average Bonchev–Trinajstić information content (AvgIpc) is 2.46. The summed E-state index contributed by atoms with van der Waals surface area (Å²) in [5, 5.41) is 0. The van der Waals surface area contributed by atoms with Crippen molar-refractivity contribution in [2.24, 2.45) is 0 Å². The zero-order valence-electron chi connectivity index (χ0n) is 12.2. The van der Waals surface area contributed by atoms with Crippen LogP contribution in [-0.4, -0.2) is 0 Å². The number of rotatable bonds is 4. The Balaban J connectivity index is 2.20. The van der Waals surface area contributed by atoms with E-state index >= 15 is 0 Å². The lowest BCUT2D eigenvalue weighted by atomic mass is 10.00. The minimum Gasteiger partial charge on any atom is -0.0961 e. The second-order valence-electron chi connectivity index (χ2n) is 5.15. The van der Waals surface area contributed by atoms with Crippen molar-refractivity contribution in [3.8, 4) is 11.1 Å². The molecule has 0 radical (unpaired) electrons. The fourth-order valence-electron chi connectivity index (χ4n) is 1.96. The first-order chi connectivity index (χ1) is 9.56. The standard InChI is InChI=1S/C20H20/c1-15(2)5-8-17(4)18-11-13-20(14-12-18)19-9-6-16(3)7-10-19/h5-14H,1,4H2,2-3H3/b8-5-. The number of hydrogen-bond donors (Lipinski definition) is 0. The van der Waals surface area contributed by atoms with Crippen LogP contribution in [0.25, 0.3) is 16.7 Å². The molecule has 2 aromatic carbocycles. The molecule has 0 unspecified atom stereocenters. The highest BCUT2D eigenvalue weighted by Gasteiger charge is 1.99. The summed E-state index contributed by atoms with van der Waals surface area (Å²) in [5.41, 5.74) is 6.92. The molecule has 100 valence electrons. The predicted octanol–water partition coefficient (Wildman–Crippen LogP) is 5.81. The van der Waals surface area contributed by atoms with E-state index in [4.69, 9.17) is 0 Å². The Morgan fingerprint density at radius 1 is 0.800 bits per heavy atom. The third kappa shape index (κ3) is 3.58. The summed E-state index contributed by atoms with van der Waals surface area (Å²) in [6, 6.07) is 17.1. The summed E-state index contributed by atoms with van der Waals surface area (Å²) in [7, 11) is 0. The maximum absolute atomic E-state index is 4.08. The SMILES string of the molecule is C=C(C)/C=C\C(=C)c1ccc(-c2ccc(C)cc2)cc1. The largest absolute Gasteiger partial charge is 0.0961 e. The molecule has 0 heteroatoms. The molecular weight excluding hydrogens is 240 g/mol. The summed E-state index contributed by atoms with van der Waals surface area (Å²) in [6.45, 7) is 12.0. The maximum atomic E-state index is 4.08. The van der Waals surface area contributed by atoms with Crippen LogP contribution in [0, 0.1) is 6.92 Å². The van der Waals surface area contributed by atoms with Crippen molar-refractivity contribution >= 4 is 5.57 Å². The zero-order valence-corrected chi connectivity index (χ0v) is 12.2. The van der Waals surface area contributed by atoms with Gasteiger partial charge >= 0.3 is 0 Å². The molecule has 2 rings (SSSR count). The van der Waals surface area contributed by atoms with Gasteiger partial charge in [0.2, 0.25) is 0 Å². The van der Waals surface area contributed by atoms with Crippen LogP contribution in [0.3, 0.4) is 0 Å². The molecule has 0 aliphatic heterocycles. The van der Waals surface area contributed by atoms with Gasteiger partial charge in [0, 0.05) is 0 Å². The normalized spacial score (nSPS) is 10.7. The number of benzene rings is 2. The Hall–Kier alpha value is -2.34. The predicted molar refractivity (Wildman–Crippen MR) is 89.6 cm³/mol. The van der Waals surface area contributed by atoms with Gasteiger partial charge in [-0.25, -0.2) is 0 Å². The van der Waals surface area contributed by atoms with Gasteiger partial charge in [-0.15, -0.1) is 0 Å². The summed E-state index contributed by atoms with van der Waals surface area (Å²) in [6.07, 6.45) is 3.99. The average molecular weight is 260 g/mol. The molecule has 0 saturated carbocycles. The lowest BCUT2D eigenvalue weighted by Gasteiger charge is -2.05. The first-order valence-corrected chi connectivity index (χ1v) is 6.76. The third-order valence-corrected chi connectivity index (χ3v) is 3.21. The van der Waals surface area contributed by atoms with Crippen molar-refractivity contribution in [2.75, 3.05) is 0 Å². The van der Waals surface area contributed by atoms with Crippen LogP contribution in [0.1, 0.15) is 18.1 Å². The summed E-state index contributed by atoms with van der Waals surface area (Å²) < 4.78 is 0. The Morgan fingerprint density at radius 3 is 1.80 bits per heavy atom. The van der Waals surface area contributed by atoms with Crippen LogP contribution in [0.15, 0.2) is 79.4 Å². The van der Waals surface area contributed by atoms with Crippen molar-refractivity contribution in [3.05, 3.63) is 90.5 Å². The minimum atomic E-state index is 1.00. The number of hydrogen-bond acceptors (Lipinski definition) is 0. The van der Waals surface area contributed by atoms with Gasteiger partial charge in [-0.05, 0) is 36.1 Å². The fourth-order valence-corrected chi connectivity index (χ4v) is 1.96. The fraction of sp³-hybridized carbons (Fsp3) is 0.100. The highest BCUT2D eigenvalue weighted by Crippen LogP contribution is 2.23. The summed E-state index contributed by atoms with van der Waals surface area (Å²) in [5.74, 6) is 0. The summed E-state index contributed by atoms with van der Waals surface area (Å²) >= 11 is 0. The van der Waals surface area contributed by atoms with Crippen molar-refractivity contribution in [2.45, 2.75) is 13.8 Å². The van der Waals surface area contributed by atoms with Crippen molar-refractivity contribution < 1.29 is 0 Å². The lowest BCUT2D eigenvalue weighted by Crippen LogP contribution is -1.82. The van der Waals surface area contributed by atoms with Crippen molar-refractivity contribution in [3.63, 3.8) is 0 Å². The first-order valence-electron chi connectivity index (χ1n) is 6.76. The summed E-state index contributed by atoms with van der Waals surface area (Å²) in [4.78, 5) is 0. The molecule has 2 aromatic rings. The van der Waals surface area contributed by atoms with Crippen molar-refractivity contribution in [1.82, 2.24) is 0 Å². The molecular formula is C20H20. The van der Waals surface area contributed by atoms with E-state index in [0.717, 1.165) is 16.7 Å². The molecule has 0 saturated heterocycles. The Labute approximate surface area is 121 Å². The van der Waals surface area contributed by atoms with Gasteiger partial charge in [0.15, 0.2) is 0 Å².